The van der Waals surface area contributed by atoms with Crippen LogP contribution in [-0.4, -0.2) is 16.1 Å². The van der Waals surface area contributed by atoms with E-state index < -0.39 is 5.97 Å². The van der Waals surface area contributed by atoms with Gasteiger partial charge in [0.05, 0.1) is 5.56 Å². The van der Waals surface area contributed by atoms with Crippen LogP contribution in [0.25, 0.3) is 0 Å². The van der Waals surface area contributed by atoms with Crippen LogP contribution < -0.4 is 4.74 Å². The smallest absolute Gasteiger partial charge is 0.337 e. The van der Waals surface area contributed by atoms with Gasteiger partial charge in [-0.25, -0.2) is 9.78 Å². The summed E-state index contributed by atoms with van der Waals surface area (Å²) >= 11 is 0. The minimum Gasteiger partial charge on any atom is -0.478 e. The number of carbonyl (C=O) groups is 1. The molecule has 2 saturated carbocycles. The molecule has 26 heavy (non-hydrogen) atoms. The van der Waals surface area contributed by atoms with Gasteiger partial charge in [-0.3, -0.25) is 0 Å². The molecule has 1 N–H and O–H groups in total. The minimum atomic E-state index is -0.986. The zero-order valence-electron chi connectivity index (χ0n) is 15.1. The summed E-state index contributed by atoms with van der Waals surface area (Å²) in [5.74, 6) is 1.75. The molecule has 4 heteroatoms. The molecule has 0 unspecified atom stereocenters. The predicted octanol–water partition coefficient (Wildman–Crippen LogP) is 5.43. The second-order valence-corrected chi connectivity index (χ2v) is 7.86. The maximum atomic E-state index is 10.9. The Morgan fingerprint density at radius 3 is 2.15 bits per heavy atom. The van der Waals surface area contributed by atoms with Crippen molar-refractivity contribution in [3.63, 3.8) is 0 Å². The number of hydrogen-bond acceptors (Lipinski definition) is 3. The second-order valence-electron chi connectivity index (χ2n) is 7.86. The van der Waals surface area contributed by atoms with Gasteiger partial charge in [0.15, 0.2) is 0 Å². The molecule has 0 aliphatic heterocycles. The third-order valence-electron chi connectivity index (χ3n) is 6.59. The van der Waals surface area contributed by atoms with Crippen LogP contribution in [0.3, 0.4) is 0 Å². The Morgan fingerprint density at radius 2 is 1.65 bits per heavy atom. The molecule has 2 bridgehead atoms. The van der Waals surface area contributed by atoms with Crippen LogP contribution in [-0.2, 0) is 5.41 Å². The third-order valence-corrected chi connectivity index (χ3v) is 6.59. The lowest BCUT2D eigenvalue weighted by atomic mass is 9.53. The number of rotatable bonds is 4. The largest absolute Gasteiger partial charge is 0.478 e. The quantitative estimate of drug-likeness (QED) is 0.798. The number of hydrogen-bond donors (Lipinski definition) is 1. The molecule has 136 valence electrons. The van der Waals surface area contributed by atoms with E-state index in [1.165, 1.54) is 56.4 Å². The van der Waals surface area contributed by atoms with E-state index in [1.807, 2.05) is 12.1 Å². The zero-order valence-corrected chi connectivity index (χ0v) is 15.1. The van der Waals surface area contributed by atoms with Crippen molar-refractivity contribution in [2.24, 2.45) is 11.8 Å². The van der Waals surface area contributed by atoms with Gasteiger partial charge in [0.25, 0.3) is 0 Å². The van der Waals surface area contributed by atoms with Crippen LogP contribution in [0.2, 0.25) is 0 Å². The monoisotopic (exact) mass is 351 g/mol. The number of nitrogens with zero attached hydrogens (tertiary/aromatic N) is 1. The minimum absolute atomic E-state index is 0.157. The van der Waals surface area contributed by atoms with E-state index in [9.17, 15) is 4.79 Å². The molecular weight excluding hydrogens is 326 g/mol. The fraction of sp³-hybridized carbons (Fsp3) is 0.455. The van der Waals surface area contributed by atoms with Crippen LogP contribution in [0.15, 0.2) is 42.6 Å². The van der Waals surface area contributed by atoms with Gasteiger partial charge in [0, 0.05) is 12.3 Å². The molecule has 0 amide bonds. The molecule has 4 nitrogen and oxygen atoms in total. The van der Waals surface area contributed by atoms with Crippen molar-refractivity contribution in [1.82, 2.24) is 4.98 Å². The van der Waals surface area contributed by atoms with Crippen LogP contribution in [0.5, 0.6) is 11.6 Å². The molecule has 0 saturated heterocycles. The number of aromatic carboxylic acids is 1. The van der Waals surface area contributed by atoms with Crippen molar-refractivity contribution in [2.45, 2.75) is 50.9 Å². The Balaban J connectivity index is 1.52. The first-order valence-electron chi connectivity index (χ1n) is 9.55. The Kier molecular flexibility index (Phi) is 4.43. The molecule has 2 aliphatic carbocycles. The molecular formula is C22H25NO3. The van der Waals surface area contributed by atoms with Crippen LogP contribution in [0, 0.1) is 11.8 Å². The van der Waals surface area contributed by atoms with E-state index in [-0.39, 0.29) is 11.0 Å². The lowest BCUT2D eigenvalue weighted by Crippen LogP contribution is -2.45. The van der Waals surface area contributed by atoms with Crippen molar-refractivity contribution in [3.8, 4) is 11.6 Å². The van der Waals surface area contributed by atoms with E-state index >= 15 is 0 Å². The van der Waals surface area contributed by atoms with Gasteiger partial charge < -0.3 is 9.84 Å². The first-order chi connectivity index (χ1) is 12.6. The summed E-state index contributed by atoms with van der Waals surface area (Å²) in [7, 11) is 0. The number of benzene rings is 1. The number of ether oxygens (including phenoxy) is 1. The van der Waals surface area contributed by atoms with Gasteiger partial charge in [0.1, 0.15) is 5.75 Å². The Morgan fingerprint density at radius 1 is 1.04 bits per heavy atom. The number of carboxylic acids is 1. The molecule has 0 atom stereocenters. The Hall–Kier alpha value is -2.36. The van der Waals surface area contributed by atoms with Crippen LogP contribution in [0.1, 0.15) is 61.4 Å². The molecule has 1 aromatic heterocycles. The second kappa shape index (κ2) is 6.75. The number of pyridine rings is 1. The number of carboxylic acid groups (broad SMARTS) is 1. The summed E-state index contributed by atoms with van der Waals surface area (Å²) in [4.78, 5) is 15.0. The fourth-order valence-electron chi connectivity index (χ4n) is 5.08. The Bertz CT molecular complexity index is 760. The topological polar surface area (TPSA) is 59.4 Å². The lowest BCUT2D eigenvalue weighted by molar-refractivity contribution is 0.0666. The predicted molar refractivity (Wildman–Crippen MR) is 99.7 cm³/mol. The molecule has 0 spiro atoms. The maximum absolute atomic E-state index is 10.9. The molecule has 2 fully saturated rings. The van der Waals surface area contributed by atoms with Crippen molar-refractivity contribution >= 4 is 5.97 Å². The lowest BCUT2D eigenvalue weighted by Gasteiger charge is -2.52. The van der Waals surface area contributed by atoms with Gasteiger partial charge in [-0.2, -0.15) is 0 Å². The first-order valence-corrected chi connectivity index (χ1v) is 9.55. The van der Waals surface area contributed by atoms with Gasteiger partial charge in [0.2, 0.25) is 5.88 Å². The van der Waals surface area contributed by atoms with Crippen LogP contribution >= 0.6 is 0 Å². The average Bonchev–Trinajstić information content (AvgIpc) is 2.62. The van der Waals surface area contributed by atoms with Crippen molar-refractivity contribution < 1.29 is 14.6 Å². The fourth-order valence-corrected chi connectivity index (χ4v) is 5.08. The molecule has 2 aromatic rings. The normalized spacial score (nSPS) is 27.7. The molecule has 4 rings (SSSR count). The van der Waals surface area contributed by atoms with E-state index in [4.69, 9.17) is 9.84 Å². The summed E-state index contributed by atoms with van der Waals surface area (Å²) in [6.45, 7) is 2.46. The molecule has 1 aromatic carbocycles. The van der Waals surface area contributed by atoms with Crippen molar-refractivity contribution in [2.75, 3.05) is 0 Å². The van der Waals surface area contributed by atoms with Gasteiger partial charge >= 0.3 is 5.97 Å². The SMILES string of the molecule is CC1(c2ccc(Oc3ccc(C(=O)O)cn3)cc2)C2CCCC1CCC2. The summed E-state index contributed by atoms with van der Waals surface area (Å²) in [5, 5.41) is 8.93. The van der Waals surface area contributed by atoms with E-state index in [0.29, 0.717) is 5.88 Å². The van der Waals surface area contributed by atoms with Crippen LogP contribution in [0.4, 0.5) is 0 Å². The van der Waals surface area contributed by atoms with Gasteiger partial charge in [-0.15, -0.1) is 0 Å². The standard InChI is InChI=1S/C22H25NO3/c1-22(16-4-2-5-17(22)7-3-6-16)18-9-11-19(12-10-18)26-20-13-8-15(14-23-20)21(24)25/h8-14,16-17H,2-7H2,1H3,(H,24,25). The Labute approximate surface area is 154 Å². The van der Waals surface area contributed by atoms with Gasteiger partial charge in [-0.1, -0.05) is 31.9 Å². The van der Waals surface area contributed by atoms with E-state index in [2.05, 4.69) is 24.0 Å². The zero-order chi connectivity index (χ0) is 18.1. The van der Waals surface area contributed by atoms with Crippen molar-refractivity contribution in [1.29, 1.82) is 0 Å². The average molecular weight is 351 g/mol. The highest BCUT2D eigenvalue weighted by molar-refractivity contribution is 5.87. The highest BCUT2D eigenvalue weighted by atomic mass is 16.5. The van der Waals surface area contributed by atoms with E-state index in [0.717, 1.165) is 17.6 Å². The highest BCUT2D eigenvalue weighted by Gasteiger charge is 2.46. The number of aromatic nitrogens is 1. The van der Waals surface area contributed by atoms with Crippen molar-refractivity contribution in [3.05, 3.63) is 53.7 Å². The third kappa shape index (κ3) is 2.98. The summed E-state index contributed by atoms with van der Waals surface area (Å²) in [6, 6.07) is 11.5. The first kappa shape index (κ1) is 17.1. The van der Waals surface area contributed by atoms with E-state index in [1.54, 1.807) is 6.07 Å². The maximum Gasteiger partial charge on any atom is 0.337 e. The summed E-state index contributed by atoms with van der Waals surface area (Å²) < 4.78 is 5.78. The van der Waals surface area contributed by atoms with Gasteiger partial charge in [-0.05, 0) is 66.7 Å². The highest BCUT2D eigenvalue weighted by Crippen LogP contribution is 2.54. The number of fused-ring (bicyclic) bond motifs is 2. The summed E-state index contributed by atoms with van der Waals surface area (Å²) in [5.41, 5.74) is 1.87. The molecule has 2 aliphatic rings. The molecule has 0 radical (unpaired) electrons. The molecule has 1 heterocycles. The summed E-state index contributed by atoms with van der Waals surface area (Å²) in [6.07, 6.45) is 9.48.